The van der Waals surface area contributed by atoms with E-state index in [-0.39, 0.29) is 0 Å². The van der Waals surface area contributed by atoms with Gasteiger partial charge in [0.25, 0.3) is 0 Å². The minimum Gasteiger partial charge on any atom is -0.0958 e. The van der Waals surface area contributed by atoms with Crippen LogP contribution in [0.2, 0.25) is 0 Å². The first-order valence-corrected chi connectivity index (χ1v) is 5.17. The summed E-state index contributed by atoms with van der Waals surface area (Å²) in [6.45, 7) is 8.17. The third-order valence-electron chi connectivity index (χ3n) is 1.52. The quantitative estimate of drug-likeness (QED) is 0.605. The van der Waals surface area contributed by atoms with Crippen molar-refractivity contribution >= 4 is 15.9 Å². The number of hydrogen-bond acceptors (Lipinski definition) is 0. The van der Waals surface area contributed by atoms with Crippen molar-refractivity contribution in [2.75, 3.05) is 0 Å². The van der Waals surface area contributed by atoms with E-state index in [0.717, 1.165) is 10.9 Å². The Morgan fingerprint density at radius 2 is 2.17 bits per heavy atom. The standard InChI is InChI=1S/C11H17Br/c1-4-6-8-10(3)9-11(12)7-5-2/h5,7,9H,3-4,6,8H2,1-2H3/b7-5-,11-9+. The number of halogens is 1. The molecule has 0 aromatic heterocycles. The summed E-state index contributed by atoms with van der Waals surface area (Å²) in [5.74, 6) is 0. The molecule has 0 radical (unpaired) electrons. The smallest absolute Gasteiger partial charge is 0.0174 e. The first-order chi connectivity index (χ1) is 5.70. The predicted octanol–water partition coefficient (Wildman–Crippen LogP) is 4.59. The van der Waals surface area contributed by atoms with Crippen molar-refractivity contribution in [3.8, 4) is 0 Å². The Morgan fingerprint density at radius 1 is 1.50 bits per heavy atom. The second-order valence-corrected chi connectivity index (χ2v) is 3.71. The number of rotatable bonds is 5. The molecule has 0 aliphatic carbocycles. The third-order valence-corrected chi connectivity index (χ3v) is 2.01. The van der Waals surface area contributed by atoms with Gasteiger partial charge in [0.15, 0.2) is 0 Å². The van der Waals surface area contributed by atoms with Gasteiger partial charge in [0.1, 0.15) is 0 Å². The highest BCUT2D eigenvalue weighted by atomic mass is 79.9. The molecule has 0 aromatic rings. The fraction of sp³-hybridized carbons (Fsp3) is 0.455. The van der Waals surface area contributed by atoms with Crippen LogP contribution in [0.5, 0.6) is 0 Å². The van der Waals surface area contributed by atoms with Crippen LogP contribution in [0.4, 0.5) is 0 Å². The summed E-state index contributed by atoms with van der Waals surface area (Å²) in [5.41, 5.74) is 1.20. The van der Waals surface area contributed by atoms with E-state index in [2.05, 4.69) is 35.5 Å². The molecular weight excluding hydrogens is 212 g/mol. The molecule has 1 heteroatoms. The lowest BCUT2D eigenvalue weighted by molar-refractivity contribution is 0.799. The summed E-state index contributed by atoms with van der Waals surface area (Å²) in [4.78, 5) is 0. The van der Waals surface area contributed by atoms with E-state index in [4.69, 9.17) is 0 Å². The topological polar surface area (TPSA) is 0 Å². The Kier molecular flexibility index (Phi) is 7.17. The summed E-state index contributed by atoms with van der Waals surface area (Å²) in [6.07, 6.45) is 9.67. The zero-order valence-electron chi connectivity index (χ0n) is 7.94. The molecule has 0 saturated heterocycles. The molecule has 0 unspecified atom stereocenters. The van der Waals surface area contributed by atoms with Gasteiger partial charge in [0, 0.05) is 4.48 Å². The van der Waals surface area contributed by atoms with Crippen LogP contribution in [0.3, 0.4) is 0 Å². The fourth-order valence-corrected chi connectivity index (χ4v) is 1.47. The molecule has 0 spiro atoms. The van der Waals surface area contributed by atoms with Gasteiger partial charge < -0.3 is 0 Å². The van der Waals surface area contributed by atoms with Gasteiger partial charge >= 0.3 is 0 Å². The van der Waals surface area contributed by atoms with E-state index in [9.17, 15) is 0 Å². The molecule has 0 fully saturated rings. The molecule has 0 aliphatic heterocycles. The van der Waals surface area contributed by atoms with E-state index >= 15 is 0 Å². The zero-order valence-corrected chi connectivity index (χ0v) is 9.52. The number of allylic oxidation sites excluding steroid dienone is 5. The van der Waals surface area contributed by atoms with Crippen molar-refractivity contribution in [1.82, 2.24) is 0 Å². The van der Waals surface area contributed by atoms with Crippen LogP contribution < -0.4 is 0 Å². The second kappa shape index (κ2) is 7.35. The summed E-state index contributed by atoms with van der Waals surface area (Å²) in [6, 6.07) is 0. The van der Waals surface area contributed by atoms with Crippen LogP contribution in [0.1, 0.15) is 33.1 Å². The van der Waals surface area contributed by atoms with E-state index in [1.807, 2.05) is 19.1 Å². The summed E-state index contributed by atoms with van der Waals surface area (Å²) >= 11 is 3.44. The Morgan fingerprint density at radius 3 is 2.67 bits per heavy atom. The molecule has 0 rings (SSSR count). The van der Waals surface area contributed by atoms with Crippen molar-refractivity contribution in [3.63, 3.8) is 0 Å². The van der Waals surface area contributed by atoms with Crippen LogP contribution in [-0.2, 0) is 0 Å². The maximum Gasteiger partial charge on any atom is 0.0174 e. The first kappa shape index (κ1) is 11.7. The van der Waals surface area contributed by atoms with Crippen LogP contribution >= 0.6 is 15.9 Å². The van der Waals surface area contributed by atoms with Crippen molar-refractivity contribution in [2.45, 2.75) is 33.1 Å². The molecule has 0 aliphatic rings. The van der Waals surface area contributed by atoms with Crippen LogP contribution in [0.15, 0.2) is 34.9 Å². The van der Waals surface area contributed by atoms with Gasteiger partial charge in [0.2, 0.25) is 0 Å². The lowest BCUT2D eigenvalue weighted by atomic mass is 10.1. The maximum absolute atomic E-state index is 3.97. The number of unbranched alkanes of at least 4 members (excludes halogenated alkanes) is 1. The van der Waals surface area contributed by atoms with Gasteiger partial charge in [-0.3, -0.25) is 0 Å². The summed E-state index contributed by atoms with van der Waals surface area (Å²) < 4.78 is 1.10. The maximum atomic E-state index is 3.97. The molecule has 0 heterocycles. The zero-order chi connectivity index (χ0) is 9.40. The van der Waals surface area contributed by atoms with Crippen LogP contribution in [-0.4, -0.2) is 0 Å². The lowest BCUT2D eigenvalue weighted by Gasteiger charge is -1.97. The second-order valence-electron chi connectivity index (χ2n) is 2.79. The highest BCUT2D eigenvalue weighted by molar-refractivity contribution is 9.11. The van der Waals surface area contributed by atoms with Crippen molar-refractivity contribution < 1.29 is 0 Å². The minimum absolute atomic E-state index is 1.10. The Bertz CT molecular complexity index is 187. The molecule has 0 N–H and O–H groups in total. The van der Waals surface area contributed by atoms with E-state index in [0.29, 0.717) is 0 Å². The Balaban J connectivity index is 3.88. The average molecular weight is 229 g/mol. The van der Waals surface area contributed by atoms with Gasteiger partial charge in [-0.2, -0.15) is 0 Å². The van der Waals surface area contributed by atoms with Crippen molar-refractivity contribution in [3.05, 3.63) is 34.9 Å². The average Bonchev–Trinajstić information content (AvgIpc) is 2.01. The normalized spacial score (nSPS) is 12.4. The Labute approximate surface area is 84.2 Å². The molecule has 12 heavy (non-hydrogen) atoms. The van der Waals surface area contributed by atoms with Crippen molar-refractivity contribution in [1.29, 1.82) is 0 Å². The van der Waals surface area contributed by atoms with Crippen LogP contribution in [0.25, 0.3) is 0 Å². The minimum atomic E-state index is 1.10. The number of hydrogen-bond donors (Lipinski definition) is 0. The fourth-order valence-electron chi connectivity index (χ4n) is 0.878. The molecular formula is C11H17Br. The predicted molar refractivity (Wildman–Crippen MR) is 60.5 cm³/mol. The lowest BCUT2D eigenvalue weighted by Crippen LogP contribution is -1.77. The highest BCUT2D eigenvalue weighted by Crippen LogP contribution is 2.13. The molecule has 0 atom stereocenters. The van der Waals surface area contributed by atoms with Crippen molar-refractivity contribution in [2.24, 2.45) is 0 Å². The molecule has 0 nitrogen and oxygen atoms in total. The highest BCUT2D eigenvalue weighted by Gasteiger charge is 1.90. The SMILES string of the molecule is C=C(/C=C(Br)\C=C/C)CCCC. The van der Waals surface area contributed by atoms with E-state index in [1.54, 1.807) is 0 Å². The summed E-state index contributed by atoms with van der Waals surface area (Å²) in [7, 11) is 0. The van der Waals surface area contributed by atoms with Gasteiger partial charge in [-0.1, -0.05) is 53.6 Å². The molecule has 0 amide bonds. The molecule has 0 bridgehead atoms. The van der Waals surface area contributed by atoms with Gasteiger partial charge in [-0.15, -0.1) is 0 Å². The molecule has 68 valence electrons. The third kappa shape index (κ3) is 6.41. The van der Waals surface area contributed by atoms with Gasteiger partial charge in [-0.05, 0) is 25.8 Å². The molecule has 0 saturated carbocycles. The van der Waals surface area contributed by atoms with E-state index in [1.165, 1.54) is 18.4 Å². The Hall–Kier alpha value is -0.300. The largest absolute Gasteiger partial charge is 0.0958 e. The van der Waals surface area contributed by atoms with Gasteiger partial charge in [0.05, 0.1) is 0 Å². The first-order valence-electron chi connectivity index (χ1n) is 4.38. The monoisotopic (exact) mass is 228 g/mol. The van der Waals surface area contributed by atoms with E-state index < -0.39 is 0 Å². The van der Waals surface area contributed by atoms with Gasteiger partial charge in [-0.25, -0.2) is 0 Å². The van der Waals surface area contributed by atoms with Crippen LogP contribution in [0, 0.1) is 0 Å². The molecule has 0 aromatic carbocycles. The summed E-state index contributed by atoms with van der Waals surface area (Å²) in [5, 5.41) is 0.